The van der Waals surface area contributed by atoms with Crippen molar-refractivity contribution in [2.75, 3.05) is 25.0 Å². The molecule has 0 amide bonds. The van der Waals surface area contributed by atoms with Gasteiger partial charge < -0.3 is 25.2 Å². The number of hydrogen-bond donors (Lipinski definition) is 3. The van der Waals surface area contributed by atoms with Crippen LogP contribution in [0.2, 0.25) is 5.02 Å². The molecule has 4 atom stereocenters. The van der Waals surface area contributed by atoms with E-state index in [2.05, 4.69) is 47.7 Å². The number of nitrogens with one attached hydrogen (secondary N) is 2. The number of fused-ring (bicyclic) bond motifs is 3. The number of nitrogens with zero attached hydrogens (tertiary/aromatic N) is 1. The zero-order valence-electron chi connectivity index (χ0n) is 28.4. The number of hydrogen-bond acceptors (Lipinski definition) is 6. The zero-order chi connectivity index (χ0) is 33.3. The van der Waals surface area contributed by atoms with Gasteiger partial charge in [0, 0.05) is 34.7 Å². The van der Waals surface area contributed by atoms with Crippen LogP contribution in [0.3, 0.4) is 0 Å². The number of anilines is 1. The van der Waals surface area contributed by atoms with Gasteiger partial charge in [0.2, 0.25) is 0 Å². The molecule has 0 radical (unpaired) electrons. The fourth-order valence-corrected chi connectivity index (χ4v) is 9.45. The summed E-state index contributed by atoms with van der Waals surface area (Å²) in [6.07, 6.45) is 12.3. The van der Waals surface area contributed by atoms with Gasteiger partial charge in [-0.25, -0.2) is 4.79 Å². The number of aliphatic carboxylic acids is 1. The molecule has 3 aromatic rings. The Morgan fingerprint density at radius 3 is 2.75 bits per heavy atom. The summed E-state index contributed by atoms with van der Waals surface area (Å²) in [4.78, 5) is 17.6. The lowest BCUT2D eigenvalue weighted by Crippen LogP contribution is -2.53. The summed E-state index contributed by atoms with van der Waals surface area (Å²) in [6.45, 7) is 7.18. The number of carbonyl (C=O) groups is 1. The number of carboxylic acid groups (broad SMARTS) is 1. The summed E-state index contributed by atoms with van der Waals surface area (Å²) in [5.41, 5.74) is 4.82. The SMILES string of the molecule is C[C@@H](COc1ccnc2c1[C@H](C)CCC2)CC1Cc2ccc(O[C@@H]3CCCNC3)cc2C12CCC(Nc1cccc(Cl)c1)(C(=O)O)CC2. The number of halogens is 1. The average molecular weight is 672 g/mol. The molecule has 1 aliphatic heterocycles. The van der Waals surface area contributed by atoms with E-state index in [4.69, 9.17) is 21.1 Å². The second kappa shape index (κ2) is 13.9. The monoisotopic (exact) mass is 671 g/mol. The van der Waals surface area contributed by atoms with E-state index in [0.717, 1.165) is 75.2 Å². The quantitative estimate of drug-likeness (QED) is 0.200. The van der Waals surface area contributed by atoms with Gasteiger partial charge in [0.05, 0.1) is 6.61 Å². The number of carboxylic acids is 1. The Bertz CT molecular complexity index is 1610. The number of aryl methyl sites for hydroxylation is 1. The number of benzene rings is 2. The number of pyridine rings is 1. The van der Waals surface area contributed by atoms with Gasteiger partial charge in [0.15, 0.2) is 0 Å². The highest BCUT2D eigenvalue weighted by Crippen LogP contribution is 2.57. The molecule has 2 fully saturated rings. The molecule has 256 valence electrons. The summed E-state index contributed by atoms with van der Waals surface area (Å²) in [5.74, 6) is 2.33. The van der Waals surface area contributed by atoms with E-state index >= 15 is 0 Å². The van der Waals surface area contributed by atoms with Gasteiger partial charge >= 0.3 is 5.97 Å². The lowest BCUT2D eigenvalue weighted by molar-refractivity contribution is -0.144. The van der Waals surface area contributed by atoms with Crippen molar-refractivity contribution >= 4 is 23.3 Å². The Kier molecular flexibility index (Phi) is 9.63. The Morgan fingerprint density at radius 2 is 1.98 bits per heavy atom. The molecule has 7 rings (SSSR count). The van der Waals surface area contributed by atoms with Crippen LogP contribution in [0.25, 0.3) is 0 Å². The number of rotatable bonds is 10. The van der Waals surface area contributed by atoms with Crippen molar-refractivity contribution < 1.29 is 19.4 Å². The van der Waals surface area contributed by atoms with Gasteiger partial charge in [0.1, 0.15) is 23.1 Å². The van der Waals surface area contributed by atoms with Crippen LogP contribution in [0.4, 0.5) is 5.69 Å². The highest BCUT2D eigenvalue weighted by atomic mass is 35.5. The molecule has 2 heterocycles. The van der Waals surface area contributed by atoms with E-state index in [1.54, 1.807) is 0 Å². The van der Waals surface area contributed by atoms with E-state index in [9.17, 15) is 9.90 Å². The first kappa shape index (κ1) is 33.2. The summed E-state index contributed by atoms with van der Waals surface area (Å²) < 4.78 is 13.1. The van der Waals surface area contributed by atoms with Crippen molar-refractivity contribution in [1.29, 1.82) is 0 Å². The maximum atomic E-state index is 13.0. The van der Waals surface area contributed by atoms with E-state index in [1.807, 2.05) is 36.5 Å². The molecule has 1 spiro atoms. The molecule has 1 saturated carbocycles. The Balaban J connectivity index is 1.13. The Labute approximate surface area is 290 Å². The van der Waals surface area contributed by atoms with Crippen LogP contribution < -0.4 is 20.1 Å². The molecule has 2 aromatic carbocycles. The fraction of sp³-hybridized carbons (Fsp3) is 0.550. The van der Waals surface area contributed by atoms with E-state index in [-0.39, 0.29) is 11.5 Å². The molecule has 3 aliphatic carbocycles. The van der Waals surface area contributed by atoms with Gasteiger partial charge in [-0.3, -0.25) is 4.98 Å². The standard InChI is InChI=1S/C40H50ClN3O4/c1-26(25-47-36-13-19-43-35-10-3-6-27(2)37(35)36)20-29-21-28-11-12-32(48-33-9-5-18-42-24-33)23-34(28)39(29)14-16-40(17-15-39,38(45)46)44-31-8-4-7-30(41)22-31/h4,7-8,11-13,19,22-23,26-27,29,33,42,44H,3,5-6,9-10,14-18,20-21,24-25H2,1-2H3,(H,45,46)/t26-,27-,29?,33-,39?,40?/m1/s1. The van der Waals surface area contributed by atoms with Crippen molar-refractivity contribution in [3.05, 3.63) is 82.1 Å². The third-order valence-corrected chi connectivity index (χ3v) is 12.1. The molecule has 48 heavy (non-hydrogen) atoms. The average Bonchev–Trinajstić information content (AvgIpc) is 3.36. The van der Waals surface area contributed by atoms with Crippen molar-refractivity contribution in [3.8, 4) is 11.5 Å². The van der Waals surface area contributed by atoms with Crippen LogP contribution in [-0.4, -0.2) is 47.4 Å². The summed E-state index contributed by atoms with van der Waals surface area (Å²) in [7, 11) is 0. The minimum Gasteiger partial charge on any atom is -0.493 e. The maximum absolute atomic E-state index is 13.0. The van der Waals surface area contributed by atoms with E-state index in [0.29, 0.717) is 42.2 Å². The second-order valence-corrected chi connectivity index (χ2v) is 15.5. The normalized spacial score (nSPS) is 28.7. The maximum Gasteiger partial charge on any atom is 0.329 e. The summed E-state index contributed by atoms with van der Waals surface area (Å²) in [6, 6.07) is 16.2. The first-order valence-corrected chi connectivity index (χ1v) is 18.5. The molecule has 0 bridgehead atoms. The first-order valence-electron chi connectivity index (χ1n) is 18.1. The van der Waals surface area contributed by atoms with Gasteiger partial charge in [0.25, 0.3) is 0 Å². The van der Waals surface area contributed by atoms with Gasteiger partial charge in [-0.15, -0.1) is 0 Å². The first-order chi connectivity index (χ1) is 23.2. The van der Waals surface area contributed by atoms with Crippen molar-refractivity contribution in [2.45, 2.75) is 107 Å². The van der Waals surface area contributed by atoms with Crippen molar-refractivity contribution in [2.24, 2.45) is 11.8 Å². The number of aromatic nitrogens is 1. The van der Waals surface area contributed by atoms with Gasteiger partial charge in [-0.05, 0) is 148 Å². The minimum atomic E-state index is -1.04. The predicted octanol–water partition coefficient (Wildman–Crippen LogP) is 8.33. The smallest absolute Gasteiger partial charge is 0.329 e. The van der Waals surface area contributed by atoms with E-state index in [1.165, 1.54) is 35.2 Å². The summed E-state index contributed by atoms with van der Waals surface area (Å²) in [5, 5.41) is 18.1. The van der Waals surface area contributed by atoms with Gasteiger partial charge in [-0.2, -0.15) is 0 Å². The number of piperidine rings is 1. The molecule has 1 unspecified atom stereocenters. The molecular formula is C40H50ClN3O4. The minimum absolute atomic E-state index is 0.118. The summed E-state index contributed by atoms with van der Waals surface area (Å²) >= 11 is 6.28. The Morgan fingerprint density at radius 1 is 1.12 bits per heavy atom. The predicted molar refractivity (Wildman–Crippen MR) is 191 cm³/mol. The van der Waals surface area contributed by atoms with Gasteiger partial charge in [-0.1, -0.05) is 37.6 Å². The fourth-order valence-electron chi connectivity index (χ4n) is 9.26. The van der Waals surface area contributed by atoms with Crippen LogP contribution >= 0.6 is 11.6 Å². The van der Waals surface area contributed by atoms with Crippen LogP contribution in [0.5, 0.6) is 11.5 Å². The van der Waals surface area contributed by atoms with Crippen LogP contribution in [0.1, 0.15) is 99.9 Å². The van der Waals surface area contributed by atoms with Crippen LogP contribution in [0, 0.1) is 11.8 Å². The van der Waals surface area contributed by atoms with E-state index < -0.39 is 11.5 Å². The highest BCUT2D eigenvalue weighted by Gasteiger charge is 2.54. The second-order valence-electron chi connectivity index (χ2n) is 15.1. The molecule has 1 saturated heterocycles. The van der Waals surface area contributed by atoms with Crippen molar-refractivity contribution in [3.63, 3.8) is 0 Å². The number of ether oxygens (including phenoxy) is 2. The van der Waals surface area contributed by atoms with Crippen LogP contribution in [-0.2, 0) is 23.1 Å². The van der Waals surface area contributed by atoms with Crippen LogP contribution in [0.15, 0.2) is 54.7 Å². The molecule has 3 N–H and O–H groups in total. The molecule has 8 heteroatoms. The lowest BCUT2D eigenvalue weighted by atomic mass is 9.59. The lowest BCUT2D eigenvalue weighted by Gasteiger charge is -2.47. The largest absolute Gasteiger partial charge is 0.493 e. The van der Waals surface area contributed by atoms with Crippen molar-refractivity contribution in [1.82, 2.24) is 10.3 Å². The highest BCUT2D eigenvalue weighted by molar-refractivity contribution is 6.30. The topological polar surface area (TPSA) is 92.7 Å². The molecule has 7 nitrogen and oxygen atoms in total. The Hall–Kier alpha value is -3.29. The third kappa shape index (κ3) is 6.65. The molecule has 1 aromatic heterocycles. The molecular weight excluding hydrogens is 622 g/mol. The third-order valence-electron chi connectivity index (χ3n) is 11.8. The zero-order valence-corrected chi connectivity index (χ0v) is 29.2. The molecule has 4 aliphatic rings.